The van der Waals surface area contributed by atoms with Crippen molar-refractivity contribution in [1.82, 2.24) is 19.8 Å². The zero-order valence-electron chi connectivity index (χ0n) is 17.6. The standard InChI is InChI=1S/C22H29N5O2/c1-16(2)27(15-19-8-6-5-7-9-19)21(29)20-14-17(3)23-22(24-20)26-12-10-25(11-13-26)18(4)28/h5-9,14,16H,10-13,15H2,1-4H3. The molecule has 0 saturated carbocycles. The molecule has 0 bridgehead atoms. The highest BCUT2D eigenvalue weighted by Gasteiger charge is 2.24. The van der Waals surface area contributed by atoms with Gasteiger partial charge in [0.2, 0.25) is 11.9 Å². The van der Waals surface area contributed by atoms with Crippen LogP contribution >= 0.6 is 0 Å². The summed E-state index contributed by atoms with van der Waals surface area (Å²) < 4.78 is 0. The third kappa shape index (κ3) is 5.10. The molecule has 7 heteroatoms. The van der Waals surface area contributed by atoms with E-state index >= 15 is 0 Å². The van der Waals surface area contributed by atoms with Crippen LogP contribution in [-0.4, -0.2) is 63.8 Å². The number of hydrogen-bond donors (Lipinski definition) is 0. The first-order chi connectivity index (χ1) is 13.8. The zero-order chi connectivity index (χ0) is 21.0. The molecule has 2 aromatic rings. The van der Waals surface area contributed by atoms with Crippen LogP contribution in [0.5, 0.6) is 0 Å². The highest BCUT2D eigenvalue weighted by atomic mass is 16.2. The molecule has 0 atom stereocenters. The molecule has 1 fully saturated rings. The lowest BCUT2D eigenvalue weighted by Crippen LogP contribution is -2.48. The minimum Gasteiger partial charge on any atom is -0.339 e. The number of rotatable bonds is 5. The molecule has 0 unspecified atom stereocenters. The average Bonchev–Trinajstić information content (AvgIpc) is 2.71. The lowest BCUT2D eigenvalue weighted by atomic mass is 10.1. The van der Waals surface area contributed by atoms with Crippen molar-refractivity contribution < 1.29 is 9.59 Å². The second kappa shape index (κ2) is 9.03. The first-order valence-corrected chi connectivity index (χ1v) is 10.1. The van der Waals surface area contributed by atoms with E-state index in [4.69, 9.17) is 0 Å². The van der Waals surface area contributed by atoms with Crippen LogP contribution in [0.1, 0.15) is 42.5 Å². The maximum absolute atomic E-state index is 13.3. The summed E-state index contributed by atoms with van der Waals surface area (Å²) in [4.78, 5) is 39.7. The highest BCUT2D eigenvalue weighted by Crippen LogP contribution is 2.17. The molecular weight excluding hydrogens is 366 g/mol. The third-order valence-electron chi connectivity index (χ3n) is 5.15. The molecule has 2 amide bonds. The molecular formula is C22H29N5O2. The predicted octanol–water partition coefficient (Wildman–Crippen LogP) is 2.50. The Morgan fingerprint density at radius 1 is 1.07 bits per heavy atom. The van der Waals surface area contributed by atoms with Gasteiger partial charge >= 0.3 is 0 Å². The van der Waals surface area contributed by atoms with Crippen LogP contribution in [0.2, 0.25) is 0 Å². The van der Waals surface area contributed by atoms with E-state index in [0.717, 1.165) is 11.3 Å². The lowest BCUT2D eigenvalue weighted by Gasteiger charge is -2.34. The first-order valence-electron chi connectivity index (χ1n) is 10.1. The maximum atomic E-state index is 13.3. The second-order valence-electron chi connectivity index (χ2n) is 7.70. The zero-order valence-corrected chi connectivity index (χ0v) is 17.6. The molecule has 7 nitrogen and oxygen atoms in total. The summed E-state index contributed by atoms with van der Waals surface area (Å²) in [5, 5.41) is 0. The van der Waals surface area contributed by atoms with Crippen molar-refractivity contribution in [2.24, 2.45) is 0 Å². The Labute approximate surface area is 172 Å². The van der Waals surface area contributed by atoms with Crippen LogP contribution in [0.15, 0.2) is 36.4 Å². The summed E-state index contributed by atoms with van der Waals surface area (Å²) in [6.45, 7) is 10.6. The fraction of sp³-hybridized carbons (Fsp3) is 0.455. The Kier molecular flexibility index (Phi) is 6.46. The van der Waals surface area contributed by atoms with Crippen molar-refractivity contribution in [3.63, 3.8) is 0 Å². The Balaban J connectivity index is 1.80. The van der Waals surface area contributed by atoms with E-state index in [0.29, 0.717) is 44.4 Å². The predicted molar refractivity (Wildman–Crippen MR) is 113 cm³/mol. The molecule has 0 radical (unpaired) electrons. The number of anilines is 1. The molecule has 1 saturated heterocycles. The van der Waals surface area contributed by atoms with Crippen molar-refractivity contribution in [2.45, 2.75) is 40.3 Å². The molecule has 1 aromatic carbocycles. The quantitative estimate of drug-likeness (QED) is 0.778. The van der Waals surface area contributed by atoms with Gasteiger partial charge in [-0.3, -0.25) is 9.59 Å². The van der Waals surface area contributed by atoms with Gasteiger partial charge in [-0.2, -0.15) is 0 Å². The summed E-state index contributed by atoms with van der Waals surface area (Å²) >= 11 is 0. The number of benzene rings is 1. The smallest absolute Gasteiger partial charge is 0.273 e. The van der Waals surface area contributed by atoms with E-state index in [-0.39, 0.29) is 17.9 Å². The van der Waals surface area contributed by atoms with Gasteiger partial charge in [0.25, 0.3) is 5.91 Å². The second-order valence-corrected chi connectivity index (χ2v) is 7.70. The lowest BCUT2D eigenvalue weighted by molar-refractivity contribution is -0.129. The van der Waals surface area contributed by atoms with Crippen molar-refractivity contribution >= 4 is 17.8 Å². The van der Waals surface area contributed by atoms with Crippen LogP contribution < -0.4 is 4.90 Å². The van der Waals surface area contributed by atoms with E-state index in [2.05, 4.69) is 9.97 Å². The Bertz CT molecular complexity index is 861. The van der Waals surface area contributed by atoms with E-state index in [1.54, 1.807) is 13.0 Å². The molecule has 1 aromatic heterocycles. The molecule has 3 rings (SSSR count). The topological polar surface area (TPSA) is 69.6 Å². The molecule has 2 heterocycles. The largest absolute Gasteiger partial charge is 0.339 e. The molecule has 0 N–H and O–H groups in total. The number of aromatic nitrogens is 2. The van der Waals surface area contributed by atoms with Crippen molar-refractivity contribution in [2.75, 3.05) is 31.1 Å². The summed E-state index contributed by atoms with van der Waals surface area (Å²) in [6.07, 6.45) is 0. The highest BCUT2D eigenvalue weighted by molar-refractivity contribution is 5.93. The fourth-order valence-electron chi connectivity index (χ4n) is 3.44. The average molecular weight is 396 g/mol. The van der Waals surface area contributed by atoms with Gasteiger partial charge in [0, 0.05) is 51.4 Å². The number of carbonyl (C=O) groups excluding carboxylic acids is 2. The number of aryl methyl sites for hydroxylation is 1. The molecule has 0 aliphatic carbocycles. The van der Waals surface area contributed by atoms with Crippen LogP contribution in [-0.2, 0) is 11.3 Å². The third-order valence-corrected chi connectivity index (χ3v) is 5.15. The summed E-state index contributed by atoms with van der Waals surface area (Å²) in [5.74, 6) is 0.539. The van der Waals surface area contributed by atoms with Gasteiger partial charge in [0.15, 0.2) is 0 Å². The maximum Gasteiger partial charge on any atom is 0.273 e. The summed E-state index contributed by atoms with van der Waals surface area (Å²) in [7, 11) is 0. The van der Waals surface area contributed by atoms with E-state index in [1.165, 1.54) is 0 Å². The number of piperazine rings is 1. The molecule has 29 heavy (non-hydrogen) atoms. The first kappa shape index (κ1) is 20.8. The minimum absolute atomic E-state index is 0.0422. The van der Waals surface area contributed by atoms with Crippen molar-refractivity contribution in [3.05, 3.63) is 53.3 Å². The molecule has 0 spiro atoms. The molecule has 154 valence electrons. The van der Waals surface area contributed by atoms with Crippen LogP contribution in [0.4, 0.5) is 5.95 Å². The van der Waals surface area contributed by atoms with Gasteiger partial charge in [0.1, 0.15) is 5.69 Å². The van der Waals surface area contributed by atoms with Crippen molar-refractivity contribution in [3.8, 4) is 0 Å². The van der Waals surface area contributed by atoms with E-state index in [9.17, 15) is 9.59 Å². The van der Waals surface area contributed by atoms with Gasteiger partial charge < -0.3 is 14.7 Å². The molecule has 1 aliphatic rings. The van der Waals surface area contributed by atoms with Gasteiger partial charge in [-0.15, -0.1) is 0 Å². The van der Waals surface area contributed by atoms with Gasteiger partial charge in [0.05, 0.1) is 0 Å². The Hall–Kier alpha value is -2.96. The van der Waals surface area contributed by atoms with Gasteiger partial charge in [-0.1, -0.05) is 30.3 Å². The minimum atomic E-state index is -0.0991. The summed E-state index contributed by atoms with van der Waals surface area (Å²) in [6, 6.07) is 11.8. The SMILES string of the molecule is CC(=O)N1CCN(c2nc(C)cc(C(=O)N(Cc3ccccc3)C(C)C)n2)CC1. The number of carbonyl (C=O) groups is 2. The monoisotopic (exact) mass is 395 g/mol. The van der Waals surface area contributed by atoms with Crippen LogP contribution in [0, 0.1) is 6.92 Å². The fourth-order valence-corrected chi connectivity index (χ4v) is 3.44. The van der Waals surface area contributed by atoms with Crippen LogP contribution in [0.3, 0.4) is 0 Å². The Morgan fingerprint density at radius 3 is 2.31 bits per heavy atom. The van der Waals surface area contributed by atoms with Crippen molar-refractivity contribution in [1.29, 1.82) is 0 Å². The number of amides is 2. The van der Waals surface area contributed by atoms with Gasteiger partial charge in [-0.25, -0.2) is 9.97 Å². The Morgan fingerprint density at radius 2 is 1.72 bits per heavy atom. The summed E-state index contributed by atoms with van der Waals surface area (Å²) in [5.41, 5.74) is 2.25. The van der Waals surface area contributed by atoms with Crippen LogP contribution in [0.25, 0.3) is 0 Å². The van der Waals surface area contributed by atoms with E-state index < -0.39 is 0 Å². The van der Waals surface area contributed by atoms with E-state index in [1.807, 2.05) is 65.8 Å². The normalized spacial score (nSPS) is 14.2. The van der Waals surface area contributed by atoms with Gasteiger partial charge in [-0.05, 0) is 32.4 Å². The number of nitrogens with zero attached hydrogens (tertiary/aromatic N) is 5. The number of hydrogen-bond acceptors (Lipinski definition) is 5. The molecule has 1 aliphatic heterocycles.